The van der Waals surface area contributed by atoms with E-state index in [1.807, 2.05) is 30.1 Å². The Balaban J connectivity index is 0.00000225. The lowest BCUT2D eigenvalue weighted by Crippen LogP contribution is -2.46. The maximum Gasteiger partial charge on any atom is 0.280 e. The van der Waals surface area contributed by atoms with Crippen LogP contribution in [0.1, 0.15) is 17.6 Å². The molecule has 1 atom stereocenters. The lowest BCUT2D eigenvalue weighted by molar-refractivity contribution is -0.384. The normalized spacial score (nSPS) is 17.2. The first-order valence-electron chi connectivity index (χ1n) is 8.88. The van der Waals surface area contributed by atoms with Gasteiger partial charge < -0.3 is 14.3 Å². The molecule has 1 fully saturated rings. The Morgan fingerprint density at radius 3 is 2.89 bits per heavy atom. The standard InChI is InChI=1S/C19H21N5O3.ClH/c1-22-10-9-21-19(22)17-12-20-8-11-23(17)13-14-6-7-18(27-14)15-4-2-3-5-16(15)24(25)26;/h2-7,9-10,17,20H,8,11-13H2,1H3;1H. The van der Waals surface area contributed by atoms with Crippen molar-refractivity contribution < 1.29 is 9.34 Å². The third-order valence-electron chi connectivity index (χ3n) is 4.90. The third kappa shape index (κ3) is 3.94. The van der Waals surface area contributed by atoms with E-state index in [0.717, 1.165) is 31.2 Å². The molecule has 0 amide bonds. The molecule has 1 N–H and O–H groups in total. The SMILES string of the molecule is Cl.Cn1ccnc1C1CNCCN1Cc1ccc(-c2ccccc2[N+](=O)[O-])o1. The Bertz CT molecular complexity index is 954. The second kappa shape index (κ2) is 8.55. The zero-order valence-corrected chi connectivity index (χ0v) is 16.3. The maximum absolute atomic E-state index is 11.3. The molecule has 1 aliphatic rings. The van der Waals surface area contributed by atoms with Crippen LogP contribution >= 0.6 is 12.4 Å². The van der Waals surface area contributed by atoms with Crippen LogP contribution in [0.5, 0.6) is 0 Å². The Kier molecular flexibility index (Phi) is 6.13. The highest BCUT2D eigenvalue weighted by molar-refractivity contribution is 5.85. The monoisotopic (exact) mass is 403 g/mol. The van der Waals surface area contributed by atoms with Gasteiger partial charge in [0, 0.05) is 45.1 Å². The van der Waals surface area contributed by atoms with E-state index in [9.17, 15) is 10.1 Å². The van der Waals surface area contributed by atoms with Crippen molar-refractivity contribution in [2.75, 3.05) is 19.6 Å². The molecule has 1 aliphatic heterocycles. The number of nitrogens with zero attached hydrogens (tertiary/aromatic N) is 4. The smallest absolute Gasteiger partial charge is 0.280 e. The van der Waals surface area contributed by atoms with Gasteiger partial charge in [-0.1, -0.05) is 12.1 Å². The van der Waals surface area contributed by atoms with Gasteiger partial charge in [0.25, 0.3) is 5.69 Å². The molecule has 0 radical (unpaired) electrons. The fraction of sp³-hybridized carbons (Fsp3) is 0.316. The van der Waals surface area contributed by atoms with Crippen molar-refractivity contribution in [3.63, 3.8) is 0 Å². The van der Waals surface area contributed by atoms with Gasteiger partial charge in [0.15, 0.2) is 0 Å². The van der Waals surface area contributed by atoms with E-state index in [0.29, 0.717) is 17.9 Å². The molecule has 0 spiro atoms. The van der Waals surface area contributed by atoms with Gasteiger partial charge in [-0.05, 0) is 18.2 Å². The molecule has 4 rings (SSSR count). The summed E-state index contributed by atoms with van der Waals surface area (Å²) in [6.45, 7) is 3.22. The van der Waals surface area contributed by atoms with Gasteiger partial charge in [-0.3, -0.25) is 15.0 Å². The fourth-order valence-electron chi connectivity index (χ4n) is 3.54. The third-order valence-corrected chi connectivity index (χ3v) is 4.90. The molecule has 148 valence electrons. The van der Waals surface area contributed by atoms with E-state index in [2.05, 4.69) is 15.2 Å². The maximum atomic E-state index is 11.3. The number of para-hydroxylation sites is 1. The van der Waals surface area contributed by atoms with Gasteiger partial charge in [0.1, 0.15) is 17.3 Å². The zero-order chi connectivity index (χ0) is 18.8. The number of nitro benzene ring substituents is 1. The van der Waals surface area contributed by atoms with Crippen molar-refractivity contribution in [2.45, 2.75) is 12.6 Å². The number of furan rings is 1. The molecule has 9 heteroatoms. The van der Waals surface area contributed by atoms with Crippen LogP contribution in [0.2, 0.25) is 0 Å². The van der Waals surface area contributed by atoms with Crippen molar-refractivity contribution in [1.82, 2.24) is 19.8 Å². The second-order valence-electron chi connectivity index (χ2n) is 6.63. The number of rotatable bonds is 5. The molecule has 0 aliphatic carbocycles. The number of nitrogens with one attached hydrogen (secondary N) is 1. The van der Waals surface area contributed by atoms with Crippen LogP contribution < -0.4 is 5.32 Å². The number of halogens is 1. The summed E-state index contributed by atoms with van der Waals surface area (Å²) in [5.74, 6) is 2.30. The molecule has 3 heterocycles. The van der Waals surface area contributed by atoms with E-state index >= 15 is 0 Å². The molecule has 2 aromatic heterocycles. The summed E-state index contributed by atoms with van der Waals surface area (Å²) in [4.78, 5) is 17.7. The van der Waals surface area contributed by atoms with Gasteiger partial charge in [-0.2, -0.15) is 0 Å². The van der Waals surface area contributed by atoms with E-state index < -0.39 is 0 Å². The van der Waals surface area contributed by atoms with Crippen molar-refractivity contribution >= 4 is 18.1 Å². The summed E-state index contributed by atoms with van der Waals surface area (Å²) in [7, 11) is 1.99. The average molecular weight is 404 g/mol. The van der Waals surface area contributed by atoms with Crippen molar-refractivity contribution in [3.8, 4) is 11.3 Å². The second-order valence-corrected chi connectivity index (χ2v) is 6.63. The Morgan fingerprint density at radius 1 is 1.32 bits per heavy atom. The van der Waals surface area contributed by atoms with Crippen molar-refractivity contribution in [3.05, 3.63) is 70.5 Å². The first kappa shape index (κ1) is 20.1. The number of hydrogen-bond acceptors (Lipinski definition) is 6. The van der Waals surface area contributed by atoms with E-state index in [1.165, 1.54) is 6.07 Å². The number of piperazine rings is 1. The molecule has 1 aromatic carbocycles. The van der Waals surface area contributed by atoms with E-state index in [4.69, 9.17) is 4.42 Å². The van der Waals surface area contributed by atoms with E-state index in [1.54, 1.807) is 24.3 Å². The lowest BCUT2D eigenvalue weighted by Gasteiger charge is -2.35. The van der Waals surface area contributed by atoms with Gasteiger partial charge in [-0.15, -0.1) is 12.4 Å². The van der Waals surface area contributed by atoms with Crippen molar-refractivity contribution in [2.24, 2.45) is 7.05 Å². The summed E-state index contributed by atoms with van der Waals surface area (Å²) < 4.78 is 8.00. The predicted octanol–water partition coefficient (Wildman–Crippen LogP) is 3.16. The summed E-state index contributed by atoms with van der Waals surface area (Å²) in [6, 6.07) is 10.5. The van der Waals surface area contributed by atoms with Gasteiger partial charge >= 0.3 is 0 Å². The van der Waals surface area contributed by atoms with Crippen LogP contribution in [0.4, 0.5) is 5.69 Å². The zero-order valence-electron chi connectivity index (χ0n) is 15.4. The lowest BCUT2D eigenvalue weighted by atomic mass is 10.1. The summed E-state index contributed by atoms with van der Waals surface area (Å²) >= 11 is 0. The largest absolute Gasteiger partial charge is 0.459 e. The first-order valence-corrected chi connectivity index (χ1v) is 8.88. The molecular formula is C19H22ClN5O3. The Morgan fingerprint density at radius 2 is 2.14 bits per heavy atom. The molecule has 0 bridgehead atoms. The van der Waals surface area contributed by atoms with Gasteiger partial charge in [0.05, 0.1) is 23.1 Å². The average Bonchev–Trinajstić information content (AvgIpc) is 3.31. The quantitative estimate of drug-likeness (QED) is 0.520. The minimum absolute atomic E-state index is 0. The molecule has 8 nitrogen and oxygen atoms in total. The van der Waals surface area contributed by atoms with Crippen LogP contribution in [0.3, 0.4) is 0 Å². The topological polar surface area (TPSA) is 89.4 Å². The van der Waals surface area contributed by atoms with Crippen molar-refractivity contribution in [1.29, 1.82) is 0 Å². The fourth-order valence-corrected chi connectivity index (χ4v) is 3.54. The molecule has 3 aromatic rings. The highest BCUT2D eigenvalue weighted by Gasteiger charge is 2.27. The van der Waals surface area contributed by atoms with Crippen LogP contribution in [-0.2, 0) is 13.6 Å². The Labute approximate surface area is 168 Å². The highest BCUT2D eigenvalue weighted by Crippen LogP contribution is 2.32. The Hall–Kier alpha value is -2.68. The number of imidazole rings is 1. The van der Waals surface area contributed by atoms with Crippen LogP contribution in [0.25, 0.3) is 11.3 Å². The molecule has 28 heavy (non-hydrogen) atoms. The molecule has 1 saturated heterocycles. The summed E-state index contributed by atoms with van der Waals surface area (Å²) in [5.41, 5.74) is 0.543. The molecular weight excluding hydrogens is 382 g/mol. The summed E-state index contributed by atoms with van der Waals surface area (Å²) in [6.07, 6.45) is 3.75. The van der Waals surface area contributed by atoms with Crippen LogP contribution in [-0.4, -0.2) is 39.0 Å². The molecule has 0 saturated carbocycles. The van der Waals surface area contributed by atoms with Gasteiger partial charge in [0.2, 0.25) is 0 Å². The van der Waals surface area contributed by atoms with Crippen LogP contribution in [0.15, 0.2) is 53.2 Å². The number of nitro groups is 1. The number of hydrogen-bond donors (Lipinski definition) is 1. The minimum Gasteiger partial charge on any atom is -0.459 e. The number of aromatic nitrogens is 2. The van der Waals surface area contributed by atoms with Gasteiger partial charge in [-0.25, -0.2) is 4.98 Å². The number of benzene rings is 1. The van der Waals surface area contributed by atoms with Crippen LogP contribution in [0, 0.1) is 10.1 Å². The predicted molar refractivity (Wildman–Crippen MR) is 107 cm³/mol. The number of aryl methyl sites for hydroxylation is 1. The first-order chi connectivity index (χ1) is 13.1. The van der Waals surface area contributed by atoms with E-state index in [-0.39, 0.29) is 29.1 Å². The molecule has 1 unspecified atom stereocenters. The minimum atomic E-state index is -0.384. The summed E-state index contributed by atoms with van der Waals surface area (Å²) in [5, 5.41) is 14.7. The highest BCUT2D eigenvalue weighted by atomic mass is 35.5.